The average molecular weight is 220 g/mol. The van der Waals surface area contributed by atoms with E-state index < -0.39 is 17.8 Å². The molecule has 1 aromatic heterocycles. The zero-order valence-electron chi connectivity index (χ0n) is 7.92. The first-order valence-corrected chi connectivity index (χ1v) is 3.86. The Bertz CT molecular complexity index is 390. The van der Waals surface area contributed by atoms with Crippen LogP contribution in [0.1, 0.15) is 23.2 Å². The molecule has 0 saturated carbocycles. The second-order valence-electron chi connectivity index (χ2n) is 2.67. The van der Waals surface area contributed by atoms with Crippen LogP contribution >= 0.6 is 0 Å². The normalized spacial score (nSPS) is 11.3. The van der Waals surface area contributed by atoms with Crippen LogP contribution in [0.4, 0.5) is 13.2 Å². The first kappa shape index (κ1) is 11.4. The highest BCUT2D eigenvalue weighted by molar-refractivity contribution is 5.92. The number of Topliss-reactive ketones (excluding diaryl/α,β-unsaturated/α-hetero) is 1. The Morgan fingerprint density at radius 3 is 2.40 bits per heavy atom. The molecule has 15 heavy (non-hydrogen) atoms. The van der Waals surface area contributed by atoms with Crippen molar-refractivity contribution in [3.8, 4) is 5.88 Å². The maximum atomic E-state index is 12.3. The molecule has 0 unspecified atom stereocenters. The quantitative estimate of drug-likeness (QED) is 0.712. The summed E-state index contributed by atoms with van der Waals surface area (Å²) in [6.07, 6.45) is -4.70. The van der Waals surface area contributed by atoms with E-state index in [1.807, 2.05) is 0 Å². The standard InChI is InChI=1S/C8H7F3N2O2/c1-4(14)5-3-6(15-2)13-7(12-5)8(9,10)11/h3H,1-2H3. The Hall–Kier alpha value is -1.66. The SMILES string of the molecule is COc1cc(C(C)=O)nc(C(F)(F)F)n1. The van der Waals surface area contributed by atoms with Crippen molar-refractivity contribution in [1.29, 1.82) is 0 Å². The molecule has 0 aliphatic heterocycles. The zero-order valence-corrected chi connectivity index (χ0v) is 7.92. The number of hydrogen-bond donors (Lipinski definition) is 0. The molecule has 0 aromatic carbocycles. The van der Waals surface area contributed by atoms with E-state index in [2.05, 4.69) is 14.7 Å². The largest absolute Gasteiger partial charge is 0.481 e. The molecule has 0 radical (unpaired) electrons. The molecule has 0 amide bonds. The Labute approximate surface area is 83.1 Å². The summed E-state index contributed by atoms with van der Waals surface area (Å²) in [6, 6.07) is 1.05. The molecular formula is C8H7F3N2O2. The molecule has 1 rings (SSSR count). The van der Waals surface area contributed by atoms with Gasteiger partial charge < -0.3 is 4.74 Å². The summed E-state index contributed by atoms with van der Waals surface area (Å²) < 4.78 is 41.3. The Balaban J connectivity index is 3.30. The summed E-state index contributed by atoms with van der Waals surface area (Å²) in [6.45, 7) is 1.11. The van der Waals surface area contributed by atoms with Crippen molar-refractivity contribution < 1.29 is 22.7 Å². The summed E-state index contributed by atoms with van der Waals surface area (Å²) in [5.41, 5.74) is -0.325. The van der Waals surface area contributed by atoms with Crippen molar-refractivity contribution in [2.45, 2.75) is 13.1 Å². The predicted octanol–water partition coefficient (Wildman–Crippen LogP) is 1.71. The van der Waals surface area contributed by atoms with Crippen LogP contribution in [0.5, 0.6) is 5.88 Å². The molecule has 0 bridgehead atoms. The van der Waals surface area contributed by atoms with Crippen molar-refractivity contribution in [2.24, 2.45) is 0 Å². The van der Waals surface area contributed by atoms with Gasteiger partial charge in [-0.1, -0.05) is 0 Å². The first-order valence-electron chi connectivity index (χ1n) is 3.86. The molecular weight excluding hydrogens is 213 g/mol. The fourth-order valence-corrected chi connectivity index (χ4v) is 0.837. The maximum Gasteiger partial charge on any atom is 0.451 e. The predicted molar refractivity (Wildman–Crippen MR) is 43.6 cm³/mol. The fourth-order valence-electron chi connectivity index (χ4n) is 0.837. The lowest BCUT2D eigenvalue weighted by molar-refractivity contribution is -0.145. The van der Waals surface area contributed by atoms with Crippen LogP contribution in [-0.2, 0) is 6.18 Å². The summed E-state index contributed by atoms with van der Waals surface area (Å²) in [5, 5.41) is 0. The van der Waals surface area contributed by atoms with Gasteiger partial charge in [-0.25, -0.2) is 4.98 Å². The van der Waals surface area contributed by atoms with Crippen LogP contribution < -0.4 is 4.74 Å². The number of ether oxygens (including phenoxy) is 1. The van der Waals surface area contributed by atoms with Crippen LogP contribution in [0.3, 0.4) is 0 Å². The lowest BCUT2D eigenvalue weighted by atomic mass is 10.3. The number of rotatable bonds is 2. The molecule has 0 N–H and O–H groups in total. The Morgan fingerprint density at radius 2 is 2.00 bits per heavy atom. The van der Waals surface area contributed by atoms with E-state index >= 15 is 0 Å². The summed E-state index contributed by atoms with van der Waals surface area (Å²) in [7, 11) is 1.16. The van der Waals surface area contributed by atoms with Crippen molar-refractivity contribution >= 4 is 5.78 Å². The van der Waals surface area contributed by atoms with E-state index in [0.29, 0.717) is 0 Å². The van der Waals surface area contributed by atoms with Gasteiger partial charge in [-0.15, -0.1) is 0 Å². The molecule has 0 fully saturated rings. The monoisotopic (exact) mass is 220 g/mol. The van der Waals surface area contributed by atoms with E-state index in [1.165, 1.54) is 0 Å². The third-order valence-corrected chi connectivity index (χ3v) is 1.53. The topological polar surface area (TPSA) is 52.1 Å². The number of methoxy groups -OCH3 is 1. The van der Waals surface area contributed by atoms with Crippen LogP contribution in [0.2, 0.25) is 0 Å². The number of aromatic nitrogens is 2. The van der Waals surface area contributed by atoms with Crippen molar-refractivity contribution in [2.75, 3.05) is 7.11 Å². The summed E-state index contributed by atoms with van der Waals surface area (Å²) in [4.78, 5) is 17.1. The lowest BCUT2D eigenvalue weighted by Crippen LogP contribution is -2.14. The van der Waals surface area contributed by atoms with Crippen LogP contribution in [0, 0.1) is 0 Å². The number of hydrogen-bond acceptors (Lipinski definition) is 4. The number of nitrogens with zero attached hydrogens (tertiary/aromatic N) is 2. The van der Waals surface area contributed by atoms with Crippen LogP contribution in [0.25, 0.3) is 0 Å². The molecule has 0 aliphatic carbocycles. The third kappa shape index (κ3) is 2.64. The third-order valence-electron chi connectivity index (χ3n) is 1.53. The van der Waals surface area contributed by atoms with E-state index in [1.54, 1.807) is 0 Å². The van der Waals surface area contributed by atoms with Crippen LogP contribution in [0.15, 0.2) is 6.07 Å². The Morgan fingerprint density at radius 1 is 1.40 bits per heavy atom. The lowest BCUT2D eigenvalue weighted by Gasteiger charge is -2.07. The van der Waals surface area contributed by atoms with Gasteiger partial charge in [-0.2, -0.15) is 18.2 Å². The molecule has 0 atom stereocenters. The molecule has 0 spiro atoms. The van der Waals surface area contributed by atoms with Gasteiger partial charge in [0.1, 0.15) is 5.69 Å². The van der Waals surface area contributed by atoms with E-state index in [4.69, 9.17) is 0 Å². The molecule has 82 valence electrons. The van der Waals surface area contributed by atoms with E-state index in [9.17, 15) is 18.0 Å². The van der Waals surface area contributed by atoms with Crippen LogP contribution in [-0.4, -0.2) is 22.9 Å². The average Bonchev–Trinajstić information content (AvgIpc) is 2.15. The Kier molecular flexibility index (Phi) is 2.92. The van der Waals surface area contributed by atoms with E-state index in [-0.39, 0.29) is 11.6 Å². The molecule has 0 saturated heterocycles. The van der Waals surface area contributed by atoms with Crippen molar-refractivity contribution in [3.05, 3.63) is 17.6 Å². The zero-order chi connectivity index (χ0) is 11.6. The van der Waals surface area contributed by atoms with Gasteiger partial charge >= 0.3 is 6.18 Å². The van der Waals surface area contributed by atoms with Gasteiger partial charge in [0.15, 0.2) is 5.78 Å². The smallest absolute Gasteiger partial charge is 0.451 e. The van der Waals surface area contributed by atoms with Gasteiger partial charge in [0.2, 0.25) is 11.7 Å². The van der Waals surface area contributed by atoms with Crippen molar-refractivity contribution in [3.63, 3.8) is 0 Å². The van der Waals surface area contributed by atoms with Gasteiger partial charge in [-0.3, -0.25) is 4.79 Å². The molecule has 4 nitrogen and oxygen atoms in total. The highest BCUT2D eigenvalue weighted by atomic mass is 19.4. The fraction of sp³-hybridized carbons (Fsp3) is 0.375. The molecule has 0 aliphatic rings. The maximum absolute atomic E-state index is 12.3. The van der Waals surface area contributed by atoms with Gasteiger partial charge in [0.05, 0.1) is 7.11 Å². The number of halogens is 3. The highest BCUT2D eigenvalue weighted by Crippen LogP contribution is 2.27. The van der Waals surface area contributed by atoms with Gasteiger partial charge in [0.25, 0.3) is 0 Å². The molecule has 1 aromatic rings. The first-order chi connectivity index (χ1) is 6.84. The number of alkyl halides is 3. The highest BCUT2D eigenvalue weighted by Gasteiger charge is 2.35. The minimum atomic E-state index is -4.70. The summed E-state index contributed by atoms with van der Waals surface area (Å²) >= 11 is 0. The number of carbonyl (C=O) groups excluding carboxylic acids is 1. The van der Waals surface area contributed by atoms with Crippen molar-refractivity contribution in [1.82, 2.24) is 9.97 Å². The number of ketones is 1. The van der Waals surface area contributed by atoms with Gasteiger partial charge in [-0.05, 0) is 0 Å². The second-order valence-corrected chi connectivity index (χ2v) is 2.67. The number of carbonyl (C=O) groups is 1. The second kappa shape index (κ2) is 3.84. The van der Waals surface area contributed by atoms with E-state index in [0.717, 1.165) is 20.1 Å². The summed E-state index contributed by atoms with van der Waals surface area (Å²) in [5.74, 6) is -2.25. The minimum absolute atomic E-state index is 0.289. The minimum Gasteiger partial charge on any atom is -0.481 e. The van der Waals surface area contributed by atoms with Gasteiger partial charge in [0, 0.05) is 13.0 Å². The molecule has 1 heterocycles. The molecule has 7 heteroatoms.